The normalized spacial score (nSPS) is 17.0. The third kappa shape index (κ3) is 4.86. The van der Waals surface area contributed by atoms with Gasteiger partial charge in [0, 0.05) is 36.8 Å². The molecule has 1 heterocycles. The lowest BCUT2D eigenvalue weighted by Crippen LogP contribution is -2.41. The van der Waals surface area contributed by atoms with E-state index in [0.717, 1.165) is 31.2 Å². The van der Waals surface area contributed by atoms with Crippen molar-refractivity contribution in [3.05, 3.63) is 41.5 Å². The first-order valence-corrected chi connectivity index (χ1v) is 13.0. The van der Waals surface area contributed by atoms with Crippen molar-refractivity contribution in [2.75, 3.05) is 39.7 Å². The number of nitrogens with zero attached hydrogens (tertiary/aromatic N) is 1. The van der Waals surface area contributed by atoms with E-state index in [1.165, 1.54) is 31.2 Å². The number of carbonyl (C=O) groups is 1. The number of benzene rings is 2. The van der Waals surface area contributed by atoms with Gasteiger partial charge in [-0.05, 0) is 61.8 Å². The summed E-state index contributed by atoms with van der Waals surface area (Å²) in [6, 6.07) is 8.87. The SMILES string of the molecule is COc1cc(NC(=O)C2CCN(S(=O)(=O)c3ccc4c(c3)CCCC4)CC2)cc(OC)c1OC. The van der Waals surface area contributed by atoms with Crippen molar-refractivity contribution in [2.45, 2.75) is 43.4 Å². The molecule has 184 valence electrons. The van der Waals surface area contributed by atoms with Crippen molar-refractivity contribution in [2.24, 2.45) is 5.92 Å². The predicted molar refractivity (Wildman–Crippen MR) is 129 cm³/mol. The Kier molecular flexibility index (Phi) is 7.33. The minimum absolute atomic E-state index is 0.153. The third-order valence-corrected chi connectivity index (χ3v) is 8.61. The van der Waals surface area contributed by atoms with Gasteiger partial charge in [-0.25, -0.2) is 8.42 Å². The molecular weight excluding hydrogens is 456 g/mol. The highest BCUT2D eigenvalue weighted by Gasteiger charge is 2.32. The molecule has 8 nitrogen and oxygen atoms in total. The van der Waals surface area contributed by atoms with E-state index in [9.17, 15) is 13.2 Å². The fraction of sp³-hybridized carbons (Fsp3) is 0.480. The maximum atomic E-state index is 13.2. The summed E-state index contributed by atoms with van der Waals surface area (Å²) in [5.74, 6) is 0.907. The van der Waals surface area contributed by atoms with Crippen LogP contribution in [0.1, 0.15) is 36.8 Å². The number of piperidine rings is 1. The van der Waals surface area contributed by atoms with Gasteiger partial charge >= 0.3 is 0 Å². The van der Waals surface area contributed by atoms with E-state index in [2.05, 4.69) is 5.32 Å². The second-order valence-electron chi connectivity index (χ2n) is 8.72. The van der Waals surface area contributed by atoms with Crippen molar-refractivity contribution < 1.29 is 27.4 Å². The monoisotopic (exact) mass is 488 g/mol. The van der Waals surface area contributed by atoms with E-state index in [1.54, 1.807) is 18.2 Å². The number of methoxy groups -OCH3 is 3. The third-order valence-electron chi connectivity index (χ3n) is 6.71. The number of sulfonamides is 1. The molecule has 4 rings (SSSR count). The van der Waals surface area contributed by atoms with E-state index in [1.807, 2.05) is 12.1 Å². The van der Waals surface area contributed by atoms with Crippen LogP contribution in [0.5, 0.6) is 17.2 Å². The number of rotatable bonds is 7. The summed E-state index contributed by atoms with van der Waals surface area (Å²) in [6.45, 7) is 0.625. The van der Waals surface area contributed by atoms with Gasteiger partial charge < -0.3 is 19.5 Å². The molecule has 1 saturated heterocycles. The molecule has 2 aliphatic rings. The smallest absolute Gasteiger partial charge is 0.243 e. The lowest BCUT2D eigenvalue weighted by molar-refractivity contribution is -0.120. The Morgan fingerprint density at radius 1 is 0.912 bits per heavy atom. The van der Waals surface area contributed by atoms with E-state index in [0.29, 0.717) is 53.8 Å². The Morgan fingerprint density at radius 3 is 2.12 bits per heavy atom. The second-order valence-corrected chi connectivity index (χ2v) is 10.7. The average molecular weight is 489 g/mol. The van der Waals surface area contributed by atoms with Crippen LogP contribution >= 0.6 is 0 Å². The summed E-state index contributed by atoms with van der Waals surface area (Å²) in [4.78, 5) is 13.3. The molecule has 1 fully saturated rings. The van der Waals surface area contributed by atoms with Crippen molar-refractivity contribution in [3.8, 4) is 17.2 Å². The van der Waals surface area contributed by atoms with Crippen LogP contribution in [-0.2, 0) is 27.7 Å². The molecule has 0 spiro atoms. The second kappa shape index (κ2) is 10.2. The van der Waals surface area contributed by atoms with Crippen molar-refractivity contribution in [3.63, 3.8) is 0 Å². The lowest BCUT2D eigenvalue weighted by Gasteiger charge is -2.31. The minimum Gasteiger partial charge on any atom is -0.493 e. The van der Waals surface area contributed by atoms with Gasteiger partial charge in [0.2, 0.25) is 21.7 Å². The van der Waals surface area contributed by atoms with Crippen LogP contribution in [0.25, 0.3) is 0 Å². The van der Waals surface area contributed by atoms with E-state index >= 15 is 0 Å². The Labute approximate surface area is 201 Å². The molecule has 0 aromatic heterocycles. The molecule has 1 aliphatic heterocycles. The average Bonchev–Trinajstić information content (AvgIpc) is 2.87. The molecule has 34 heavy (non-hydrogen) atoms. The number of ether oxygens (including phenoxy) is 3. The summed E-state index contributed by atoms with van der Waals surface area (Å²) < 4.78 is 44.0. The number of anilines is 1. The largest absolute Gasteiger partial charge is 0.493 e. The topological polar surface area (TPSA) is 94.2 Å². The maximum Gasteiger partial charge on any atom is 0.243 e. The number of aryl methyl sites for hydroxylation is 2. The van der Waals surface area contributed by atoms with Gasteiger partial charge in [0.25, 0.3) is 0 Å². The fourth-order valence-corrected chi connectivity index (χ4v) is 6.30. The van der Waals surface area contributed by atoms with Crippen LogP contribution in [-0.4, -0.2) is 53.0 Å². The molecule has 1 amide bonds. The van der Waals surface area contributed by atoms with Gasteiger partial charge in [0.15, 0.2) is 11.5 Å². The highest BCUT2D eigenvalue weighted by atomic mass is 32.2. The van der Waals surface area contributed by atoms with Crippen LogP contribution in [0.2, 0.25) is 0 Å². The van der Waals surface area contributed by atoms with Gasteiger partial charge in [-0.1, -0.05) is 6.07 Å². The Morgan fingerprint density at radius 2 is 1.53 bits per heavy atom. The molecule has 0 radical (unpaired) electrons. The van der Waals surface area contributed by atoms with Crippen molar-refractivity contribution in [1.29, 1.82) is 0 Å². The standard InChI is InChI=1S/C25H32N2O6S/c1-31-22-15-20(16-23(32-2)24(22)33-3)26-25(28)18-10-12-27(13-11-18)34(29,30)21-9-8-17-6-4-5-7-19(17)14-21/h8-9,14-16,18H,4-7,10-13H2,1-3H3,(H,26,28). The van der Waals surface area contributed by atoms with Gasteiger partial charge in [-0.2, -0.15) is 4.31 Å². The van der Waals surface area contributed by atoms with Crippen LogP contribution in [0.4, 0.5) is 5.69 Å². The maximum absolute atomic E-state index is 13.2. The highest BCUT2D eigenvalue weighted by molar-refractivity contribution is 7.89. The van der Waals surface area contributed by atoms with Crippen molar-refractivity contribution >= 4 is 21.6 Å². The minimum atomic E-state index is -3.57. The number of amides is 1. The van der Waals surface area contributed by atoms with Crippen LogP contribution in [0.15, 0.2) is 35.2 Å². The summed E-state index contributed by atoms with van der Waals surface area (Å²) >= 11 is 0. The van der Waals surface area contributed by atoms with E-state index in [-0.39, 0.29) is 11.8 Å². The Hall–Kier alpha value is -2.78. The summed E-state index contributed by atoms with van der Waals surface area (Å²) in [5, 5.41) is 2.91. The van der Waals surface area contributed by atoms with Crippen LogP contribution in [0.3, 0.4) is 0 Å². The van der Waals surface area contributed by atoms with Crippen LogP contribution < -0.4 is 19.5 Å². The molecule has 0 unspecified atom stereocenters. The molecule has 1 N–H and O–H groups in total. The molecule has 2 aromatic carbocycles. The molecule has 1 aliphatic carbocycles. The first-order valence-electron chi connectivity index (χ1n) is 11.6. The van der Waals surface area contributed by atoms with E-state index in [4.69, 9.17) is 14.2 Å². The number of carbonyl (C=O) groups excluding carboxylic acids is 1. The lowest BCUT2D eigenvalue weighted by atomic mass is 9.92. The van der Waals surface area contributed by atoms with Gasteiger partial charge in [-0.3, -0.25) is 4.79 Å². The number of nitrogens with one attached hydrogen (secondary N) is 1. The molecule has 0 bridgehead atoms. The molecule has 0 atom stereocenters. The number of fused-ring (bicyclic) bond motifs is 1. The predicted octanol–water partition coefficient (Wildman–Crippen LogP) is 3.63. The highest BCUT2D eigenvalue weighted by Crippen LogP contribution is 2.40. The fourth-order valence-electron chi connectivity index (χ4n) is 4.78. The zero-order valence-electron chi connectivity index (χ0n) is 19.9. The summed E-state index contributed by atoms with van der Waals surface area (Å²) in [5.41, 5.74) is 2.93. The number of hydrogen-bond donors (Lipinski definition) is 1. The van der Waals surface area contributed by atoms with Gasteiger partial charge in [0.1, 0.15) is 0 Å². The Bertz CT molecular complexity index is 1130. The molecular formula is C25H32N2O6S. The van der Waals surface area contributed by atoms with E-state index < -0.39 is 10.0 Å². The van der Waals surface area contributed by atoms with Crippen molar-refractivity contribution in [1.82, 2.24) is 4.31 Å². The first kappa shape index (κ1) is 24.3. The Balaban J connectivity index is 1.41. The summed E-state index contributed by atoms with van der Waals surface area (Å²) in [6.07, 6.45) is 5.12. The summed E-state index contributed by atoms with van der Waals surface area (Å²) in [7, 11) is 0.975. The van der Waals surface area contributed by atoms with Gasteiger partial charge in [-0.15, -0.1) is 0 Å². The molecule has 9 heteroatoms. The molecule has 2 aromatic rings. The van der Waals surface area contributed by atoms with Crippen LogP contribution in [0, 0.1) is 5.92 Å². The first-order chi connectivity index (χ1) is 16.4. The number of hydrogen-bond acceptors (Lipinski definition) is 6. The zero-order valence-corrected chi connectivity index (χ0v) is 20.7. The zero-order chi connectivity index (χ0) is 24.3. The quantitative estimate of drug-likeness (QED) is 0.640. The molecule has 0 saturated carbocycles. The van der Waals surface area contributed by atoms with Gasteiger partial charge in [0.05, 0.1) is 26.2 Å².